The molecule has 1 aromatic heterocycles. The quantitative estimate of drug-likeness (QED) is 0.746. The van der Waals surface area contributed by atoms with E-state index in [4.69, 9.17) is 9.15 Å². The smallest absolute Gasteiger partial charge is 0.286 e. The lowest BCUT2D eigenvalue weighted by molar-refractivity contribution is 0.0926. The topological polar surface area (TPSA) is 54.7 Å². The molecule has 0 aliphatic rings. The number of benzene rings is 1. The lowest BCUT2D eigenvalue weighted by Gasteiger charge is -2.13. The van der Waals surface area contributed by atoms with Crippen molar-refractivity contribution < 1.29 is 13.9 Å². The Morgan fingerprint density at radius 1 is 1.33 bits per heavy atom. The highest BCUT2D eigenvalue weighted by Crippen LogP contribution is 2.26. The molecule has 5 nitrogen and oxygen atoms in total. The van der Waals surface area contributed by atoms with Gasteiger partial charge in [-0.1, -0.05) is 6.07 Å². The first-order valence-corrected chi connectivity index (χ1v) is 8.64. The van der Waals surface area contributed by atoms with E-state index in [-0.39, 0.29) is 5.91 Å². The minimum Gasteiger partial charge on any atom is -0.491 e. The van der Waals surface area contributed by atoms with E-state index in [1.807, 2.05) is 39.2 Å². The molecular weight excluding hydrogens is 372 g/mol. The lowest BCUT2D eigenvalue weighted by Crippen LogP contribution is -2.25. The second kappa shape index (κ2) is 8.89. The molecule has 0 aliphatic carbocycles. The molecule has 1 amide bonds. The predicted octanol–water partition coefficient (Wildman–Crippen LogP) is 3.26. The van der Waals surface area contributed by atoms with E-state index >= 15 is 0 Å². The summed E-state index contributed by atoms with van der Waals surface area (Å²) in [7, 11) is 4.03. The average molecular weight is 395 g/mol. The highest BCUT2D eigenvalue weighted by molar-refractivity contribution is 9.10. The van der Waals surface area contributed by atoms with Crippen molar-refractivity contribution in [1.82, 2.24) is 10.2 Å². The Kier molecular flexibility index (Phi) is 6.87. The van der Waals surface area contributed by atoms with Crippen molar-refractivity contribution in [2.75, 3.05) is 33.8 Å². The lowest BCUT2D eigenvalue weighted by atomic mass is 10.1. The van der Waals surface area contributed by atoms with Gasteiger partial charge in [0.15, 0.2) is 5.76 Å². The van der Waals surface area contributed by atoms with Gasteiger partial charge in [0.1, 0.15) is 12.4 Å². The van der Waals surface area contributed by atoms with Gasteiger partial charge in [-0.25, -0.2) is 0 Å². The Hall–Kier alpha value is -1.79. The number of hydrogen-bond acceptors (Lipinski definition) is 4. The van der Waals surface area contributed by atoms with E-state index in [0.717, 1.165) is 34.3 Å². The molecule has 0 fully saturated rings. The fourth-order valence-corrected chi connectivity index (χ4v) is 2.65. The molecule has 2 rings (SSSR count). The highest BCUT2D eigenvalue weighted by Gasteiger charge is 2.09. The summed E-state index contributed by atoms with van der Waals surface area (Å²) < 4.78 is 11.8. The molecule has 0 saturated heterocycles. The third-order valence-corrected chi connectivity index (χ3v) is 4.07. The number of ether oxygens (including phenoxy) is 1. The van der Waals surface area contributed by atoms with Crippen molar-refractivity contribution in [3.63, 3.8) is 0 Å². The summed E-state index contributed by atoms with van der Waals surface area (Å²) in [4.78, 5) is 14.0. The van der Waals surface area contributed by atoms with Crippen LogP contribution in [-0.2, 0) is 6.42 Å². The summed E-state index contributed by atoms with van der Waals surface area (Å²) in [6, 6.07) is 7.71. The van der Waals surface area contributed by atoms with Crippen molar-refractivity contribution in [3.8, 4) is 5.75 Å². The van der Waals surface area contributed by atoms with Crippen molar-refractivity contribution in [1.29, 1.82) is 0 Å². The molecule has 0 unspecified atom stereocenters. The van der Waals surface area contributed by atoms with Gasteiger partial charge in [-0.15, -0.1) is 0 Å². The summed E-state index contributed by atoms with van der Waals surface area (Å²) in [5.74, 6) is 0.986. The van der Waals surface area contributed by atoms with Gasteiger partial charge in [0, 0.05) is 13.1 Å². The van der Waals surface area contributed by atoms with Gasteiger partial charge < -0.3 is 19.4 Å². The van der Waals surface area contributed by atoms with Crippen molar-refractivity contribution in [2.24, 2.45) is 0 Å². The molecule has 0 radical (unpaired) electrons. The predicted molar refractivity (Wildman–Crippen MR) is 97.7 cm³/mol. The number of nitrogens with one attached hydrogen (secondary N) is 1. The van der Waals surface area contributed by atoms with Gasteiger partial charge in [0.25, 0.3) is 5.91 Å². The van der Waals surface area contributed by atoms with Gasteiger partial charge in [0.05, 0.1) is 10.7 Å². The number of hydrogen-bond donors (Lipinski definition) is 1. The van der Waals surface area contributed by atoms with Crippen LogP contribution in [0.1, 0.15) is 21.7 Å². The van der Waals surface area contributed by atoms with Crippen LogP contribution in [0.15, 0.2) is 39.4 Å². The molecule has 24 heavy (non-hydrogen) atoms. The van der Waals surface area contributed by atoms with E-state index < -0.39 is 0 Å². The van der Waals surface area contributed by atoms with Gasteiger partial charge >= 0.3 is 0 Å². The normalized spacial score (nSPS) is 10.9. The van der Waals surface area contributed by atoms with E-state index in [0.29, 0.717) is 18.9 Å². The maximum absolute atomic E-state index is 11.9. The van der Waals surface area contributed by atoms with Gasteiger partial charge in [-0.2, -0.15) is 0 Å². The van der Waals surface area contributed by atoms with Crippen LogP contribution in [0.3, 0.4) is 0 Å². The number of amides is 1. The maximum atomic E-state index is 11.9. The fraction of sp³-hybridized carbons (Fsp3) is 0.389. The molecule has 2 aromatic rings. The Bertz CT molecular complexity index is 683. The summed E-state index contributed by atoms with van der Waals surface area (Å²) in [5.41, 5.74) is 2.06. The number of carbonyl (C=O) groups is 1. The van der Waals surface area contributed by atoms with Crippen LogP contribution < -0.4 is 10.1 Å². The van der Waals surface area contributed by atoms with E-state index in [1.54, 1.807) is 12.3 Å². The Morgan fingerprint density at radius 2 is 2.12 bits per heavy atom. The SMILES string of the molecule is Cc1coc(C(=O)NCCc2ccc(OCCN(C)C)c(Br)c2)c1. The summed E-state index contributed by atoms with van der Waals surface area (Å²) in [6.07, 6.45) is 2.31. The first-order valence-electron chi connectivity index (χ1n) is 7.85. The van der Waals surface area contributed by atoms with E-state index in [1.165, 1.54) is 0 Å². The molecule has 0 aliphatic heterocycles. The molecule has 0 atom stereocenters. The second-order valence-electron chi connectivity index (χ2n) is 5.91. The van der Waals surface area contributed by atoms with Gasteiger partial charge in [0.2, 0.25) is 0 Å². The highest BCUT2D eigenvalue weighted by atomic mass is 79.9. The van der Waals surface area contributed by atoms with Crippen LogP contribution in [0.4, 0.5) is 0 Å². The maximum Gasteiger partial charge on any atom is 0.286 e. The summed E-state index contributed by atoms with van der Waals surface area (Å²) >= 11 is 3.53. The van der Waals surface area contributed by atoms with Crippen LogP contribution in [0, 0.1) is 6.92 Å². The van der Waals surface area contributed by atoms with Crippen molar-refractivity contribution in [2.45, 2.75) is 13.3 Å². The molecule has 1 heterocycles. The standard InChI is InChI=1S/C18H23BrN2O3/c1-13-10-17(24-12-13)18(22)20-7-6-14-4-5-16(15(19)11-14)23-9-8-21(2)3/h4-5,10-12H,6-9H2,1-3H3,(H,20,22). The monoisotopic (exact) mass is 394 g/mol. The molecule has 0 spiro atoms. The minimum atomic E-state index is -0.189. The molecule has 130 valence electrons. The summed E-state index contributed by atoms with van der Waals surface area (Å²) in [5, 5.41) is 2.86. The second-order valence-corrected chi connectivity index (χ2v) is 6.77. The Balaban J connectivity index is 1.80. The van der Waals surface area contributed by atoms with Crippen molar-refractivity contribution in [3.05, 3.63) is 51.9 Å². The first-order chi connectivity index (χ1) is 11.5. The Labute approximate surface area is 151 Å². The third kappa shape index (κ3) is 5.69. The number of carbonyl (C=O) groups excluding carboxylic acids is 1. The zero-order chi connectivity index (χ0) is 17.5. The zero-order valence-electron chi connectivity index (χ0n) is 14.3. The van der Waals surface area contributed by atoms with Crippen molar-refractivity contribution >= 4 is 21.8 Å². The number of nitrogens with zero attached hydrogens (tertiary/aromatic N) is 1. The number of rotatable bonds is 8. The minimum absolute atomic E-state index is 0.189. The molecular formula is C18H23BrN2O3. The van der Waals surface area contributed by atoms with Crippen LogP contribution in [0.2, 0.25) is 0 Å². The Morgan fingerprint density at radius 3 is 2.75 bits per heavy atom. The molecule has 0 saturated carbocycles. The number of halogens is 1. The van der Waals surface area contributed by atoms with E-state index in [2.05, 4.69) is 26.1 Å². The third-order valence-electron chi connectivity index (χ3n) is 3.45. The van der Waals surface area contributed by atoms with E-state index in [9.17, 15) is 4.79 Å². The van der Waals surface area contributed by atoms with Gasteiger partial charge in [-0.05, 0) is 72.7 Å². The first kappa shape index (κ1) is 18.5. The van der Waals surface area contributed by atoms with Crippen LogP contribution >= 0.6 is 15.9 Å². The fourth-order valence-electron chi connectivity index (χ4n) is 2.11. The van der Waals surface area contributed by atoms with Crippen LogP contribution in [-0.4, -0.2) is 44.6 Å². The average Bonchev–Trinajstić information content (AvgIpc) is 2.95. The number of furan rings is 1. The number of aryl methyl sites for hydroxylation is 1. The number of likely N-dealkylation sites (N-methyl/N-ethyl adjacent to an activating group) is 1. The van der Waals surface area contributed by atoms with Crippen LogP contribution in [0.25, 0.3) is 0 Å². The van der Waals surface area contributed by atoms with Gasteiger partial charge in [-0.3, -0.25) is 4.79 Å². The molecule has 1 N–H and O–H groups in total. The molecule has 0 bridgehead atoms. The summed E-state index contributed by atoms with van der Waals surface area (Å²) in [6.45, 7) is 3.95. The largest absolute Gasteiger partial charge is 0.491 e. The molecule has 1 aromatic carbocycles. The zero-order valence-corrected chi connectivity index (χ0v) is 15.9. The van der Waals surface area contributed by atoms with Crippen LogP contribution in [0.5, 0.6) is 5.75 Å². The molecule has 6 heteroatoms.